The van der Waals surface area contributed by atoms with E-state index in [0.717, 1.165) is 32.4 Å². The number of nitrogens with one attached hydrogen (secondary N) is 3. The lowest BCUT2D eigenvalue weighted by Crippen LogP contribution is -2.50. The SMILES string of the molecule is CC1(C(=O)NCC2CCC(=O)N2)CCCNC1. The Morgan fingerprint density at radius 1 is 1.59 bits per heavy atom. The van der Waals surface area contributed by atoms with Crippen molar-refractivity contribution in [3.05, 3.63) is 0 Å². The molecule has 2 saturated heterocycles. The first-order valence-electron chi connectivity index (χ1n) is 6.38. The van der Waals surface area contributed by atoms with Gasteiger partial charge >= 0.3 is 0 Å². The summed E-state index contributed by atoms with van der Waals surface area (Å²) in [7, 11) is 0. The highest BCUT2D eigenvalue weighted by atomic mass is 16.2. The second-order valence-electron chi connectivity index (χ2n) is 5.35. The predicted octanol–water partition coefficient (Wildman–Crippen LogP) is -0.229. The molecule has 2 fully saturated rings. The highest BCUT2D eigenvalue weighted by Gasteiger charge is 2.34. The standard InChI is InChI=1S/C12H21N3O2/c1-12(5-2-6-13-8-12)11(17)14-7-9-3-4-10(16)15-9/h9,13H,2-8H2,1H3,(H,14,17)(H,15,16). The van der Waals surface area contributed by atoms with Gasteiger partial charge < -0.3 is 16.0 Å². The van der Waals surface area contributed by atoms with E-state index >= 15 is 0 Å². The number of amides is 2. The zero-order chi connectivity index (χ0) is 12.3. The Labute approximate surface area is 102 Å². The van der Waals surface area contributed by atoms with Gasteiger partial charge in [-0.3, -0.25) is 9.59 Å². The first-order chi connectivity index (χ1) is 8.10. The van der Waals surface area contributed by atoms with Crippen LogP contribution in [0.3, 0.4) is 0 Å². The van der Waals surface area contributed by atoms with E-state index in [1.165, 1.54) is 0 Å². The summed E-state index contributed by atoms with van der Waals surface area (Å²) in [4.78, 5) is 23.1. The summed E-state index contributed by atoms with van der Waals surface area (Å²) < 4.78 is 0. The van der Waals surface area contributed by atoms with Gasteiger partial charge in [-0.25, -0.2) is 0 Å². The van der Waals surface area contributed by atoms with Crippen molar-refractivity contribution in [3.63, 3.8) is 0 Å². The fraction of sp³-hybridized carbons (Fsp3) is 0.833. The molecule has 2 rings (SSSR count). The summed E-state index contributed by atoms with van der Waals surface area (Å²) in [5.41, 5.74) is -0.291. The third-order valence-electron chi connectivity index (χ3n) is 3.74. The summed E-state index contributed by atoms with van der Waals surface area (Å²) in [6, 6.07) is 0.117. The van der Waals surface area contributed by atoms with Gasteiger partial charge in [-0.1, -0.05) is 0 Å². The summed E-state index contributed by atoms with van der Waals surface area (Å²) in [5, 5.41) is 9.08. The largest absolute Gasteiger partial charge is 0.354 e. The van der Waals surface area contributed by atoms with Crippen molar-refractivity contribution in [1.29, 1.82) is 0 Å². The Kier molecular flexibility index (Phi) is 3.66. The maximum atomic E-state index is 12.1. The number of carbonyl (C=O) groups is 2. The molecule has 0 aliphatic carbocycles. The molecule has 17 heavy (non-hydrogen) atoms. The van der Waals surface area contributed by atoms with Gasteiger partial charge in [0, 0.05) is 25.6 Å². The molecule has 2 unspecified atom stereocenters. The third kappa shape index (κ3) is 2.97. The molecule has 2 aliphatic rings. The minimum Gasteiger partial charge on any atom is -0.354 e. The average Bonchev–Trinajstić information content (AvgIpc) is 2.73. The molecule has 2 atom stereocenters. The fourth-order valence-corrected chi connectivity index (χ4v) is 2.51. The topological polar surface area (TPSA) is 70.2 Å². The van der Waals surface area contributed by atoms with Crippen LogP contribution in [0.5, 0.6) is 0 Å². The molecule has 3 N–H and O–H groups in total. The van der Waals surface area contributed by atoms with Gasteiger partial charge in [0.2, 0.25) is 11.8 Å². The van der Waals surface area contributed by atoms with E-state index in [9.17, 15) is 9.59 Å². The Balaban J connectivity index is 1.78. The molecule has 0 spiro atoms. The van der Waals surface area contributed by atoms with Gasteiger partial charge in [-0.15, -0.1) is 0 Å². The molecule has 96 valence electrons. The molecule has 2 aliphatic heterocycles. The monoisotopic (exact) mass is 239 g/mol. The van der Waals surface area contributed by atoms with Gasteiger partial charge in [0.05, 0.1) is 5.41 Å². The van der Waals surface area contributed by atoms with Crippen molar-refractivity contribution in [2.75, 3.05) is 19.6 Å². The van der Waals surface area contributed by atoms with Crippen LogP contribution in [0.2, 0.25) is 0 Å². The van der Waals surface area contributed by atoms with Crippen molar-refractivity contribution in [3.8, 4) is 0 Å². The average molecular weight is 239 g/mol. The Bertz CT molecular complexity index is 311. The zero-order valence-corrected chi connectivity index (χ0v) is 10.3. The summed E-state index contributed by atoms with van der Waals surface area (Å²) in [6.45, 7) is 4.30. The first kappa shape index (κ1) is 12.4. The quantitative estimate of drug-likeness (QED) is 0.637. The van der Waals surface area contributed by atoms with Gasteiger partial charge in [0.1, 0.15) is 0 Å². The van der Waals surface area contributed by atoms with Crippen LogP contribution in [0, 0.1) is 5.41 Å². The second-order valence-corrected chi connectivity index (χ2v) is 5.35. The molecule has 0 radical (unpaired) electrons. The molecule has 0 aromatic rings. The van der Waals surface area contributed by atoms with Crippen LogP contribution in [-0.2, 0) is 9.59 Å². The van der Waals surface area contributed by atoms with Crippen molar-refractivity contribution in [2.24, 2.45) is 5.41 Å². The molecule has 0 bridgehead atoms. The van der Waals surface area contributed by atoms with Crippen LogP contribution in [0.15, 0.2) is 0 Å². The minimum atomic E-state index is -0.291. The van der Waals surface area contributed by atoms with E-state index in [2.05, 4.69) is 16.0 Å². The van der Waals surface area contributed by atoms with Crippen molar-refractivity contribution in [2.45, 2.75) is 38.6 Å². The smallest absolute Gasteiger partial charge is 0.227 e. The third-order valence-corrected chi connectivity index (χ3v) is 3.74. The highest BCUT2D eigenvalue weighted by Crippen LogP contribution is 2.25. The van der Waals surface area contributed by atoms with Crippen LogP contribution in [0.4, 0.5) is 0 Å². The van der Waals surface area contributed by atoms with Gasteiger partial charge in [0.15, 0.2) is 0 Å². The van der Waals surface area contributed by atoms with Gasteiger partial charge in [-0.2, -0.15) is 0 Å². The van der Waals surface area contributed by atoms with Crippen LogP contribution < -0.4 is 16.0 Å². The van der Waals surface area contributed by atoms with Crippen molar-refractivity contribution < 1.29 is 9.59 Å². The van der Waals surface area contributed by atoms with Gasteiger partial charge in [0.25, 0.3) is 0 Å². The lowest BCUT2D eigenvalue weighted by atomic mass is 9.82. The Hall–Kier alpha value is -1.10. The van der Waals surface area contributed by atoms with E-state index in [-0.39, 0.29) is 23.3 Å². The van der Waals surface area contributed by atoms with Crippen LogP contribution >= 0.6 is 0 Å². The fourth-order valence-electron chi connectivity index (χ4n) is 2.51. The second kappa shape index (κ2) is 5.04. The molecule has 0 aromatic heterocycles. The van der Waals surface area contributed by atoms with Crippen LogP contribution in [0.25, 0.3) is 0 Å². The minimum absolute atomic E-state index is 0.0924. The van der Waals surface area contributed by atoms with E-state index in [4.69, 9.17) is 0 Å². The normalized spacial score (nSPS) is 33.2. The number of piperidine rings is 1. The van der Waals surface area contributed by atoms with E-state index < -0.39 is 0 Å². The number of hydrogen-bond donors (Lipinski definition) is 3. The first-order valence-corrected chi connectivity index (χ1v) is 6.38. The number of hydrogen-bond acceptors (Lipinski definition) is 3. The van der Waals surface area contributed by atoms with Crippen molar-refractivity contribution >= 4 is 11.8 Å². The van der Waals surface area contributed by atoms with Gasteiger partial charge in [-0.05, 0) is 32.7 Å². The summed E-state index contributed by atoms with van der Waals surface area (Å²) >= 11 is 0. The molecule has 0 saturated carbocycles. The number of carbonyl (C=O) groups excluding carboxylic acids is 2. The lowest BCUT2D eigenvalue weighted by molar-refractivity contribution is -0.131. The highest BCUT2D eigenvalue weighted by molar-refractivity contribution is 5.83. The van der Waals surface area contributed by atoms with Crippen molar-refractivity contribution in [1.82, 2.24) is 16.0 Å². The summed E-state index contributed by atoms with van der Waals surface area (Å²) in [5.74, 6) is 0.195. The number of rotatable bonds is 3. The van der Waals surface area contributed by atoms with Crippen LogP contribution in [-0.4, -0.2) is 37.5 Å². The molecular weight excluding hydrogens is 218 g/mol. The Morgan fingerprint density at radius 3 is 3.00 bits per heavy atom. The maximum Gasteiger partial charge on any atom is 0.227 e. The molecule has 0 aromatic carbocycles. The van der Waals surface area contributed by atoms with E-state index in [1.54, 1.807) is 0 Å². The summed E-state index contributed by atoms with van der Waals surface area (Å²) in [6.07, 6.45) is 3.39. The Morgan fingerprint density at radius 2 is 2.41 bits per heavy atom. The molecule has 2 heterocycles. The lowest BCUT2D eigenvalue weighted by Gasteiger charge is -2.33. The molecule has 5 nitrogen and oxygen atoms in total. The van der Waals surface area contributed by atoms with E-state index in [0.29, 0.717) is 13.0 Å². The molecule has 2 amide bonds. The molecular formula is C12H21N3O2. The predicted molar refractivity (Wildman–Crippen MR) is 64.4 cm³/mol. The van der Waals surface area contributed by atoms with E-state index in [1.807, 2.05) is 6.92 Å². The van der Waals surface area contributed by atoms with Crippen LogP contribution in [0.1, 0.15) is 32.6 Å². The maximum absolute atomic E-state index is 12.1. The molecule has 5 heteroatoms. The zero-order valence-electron chi connectivity index (χ0n) is 10.3.